The van der Waals surface area contributed by atoms with Crippen LogP contribution in [-0.4, -0.2) is 27.0 Å². The van der Waals surface area contributed by atoms with Gasteiger partial charge in [-0.05, 0) is 11.6 Å². The van der Waals surface area contributed by atoms with Gasteiger partial charge < -0.3 is 15.6 Å². The molecule has 1 aliphatic rings. The van der Waals surface area contributed by atoms with Crippen LogP contribution in [0.3, 0.4) is 0 Å². The van der Waals surface area contributed by atoms with Crippen LogP contribution < -0.4 is 11.1 Å². The van der Waals surface area contributed by atoms with Crippen LogP contribution in [0.25, 0.3) is 22.5 Å². The first-order valence-electron chi connectivity index (χ1n) is 7.81. The summed E-state index contributed by atoms with van der Waals surface area (Å²) < 4.78 is 2.05. The third-order valence-electron chi connectivity index (χ3n) is 4.37. The highest BCUT2D eigenvalue weighted by molar-refractivity contribution is 6.06. The lowest BCUT2D eigenvalue weighted by atomic mass is 9.96. The molecule has 0 saturated carbocycles. The van der Waals surface area contributed by atoms with Crippen molar-refractivity contribution in [2.45, 2.75) is 6.42 Å². The van der Waals surface area contributed by atoms with Gasteiger partial charge in [-0.2, -0.15) is 0 Å². The van der Waals surface area contributed by atoms with Crippen LogP contribution in [0, 0.1) is 0 Å². The third-order valence-corrected chi connectivity index (χ3v) is 4.37. The number of nitrogens with two attached hydrogens (primary N) is 1. The molecule has 6 heteroatoms. The molecule has 1 aliphatic heterocycles. The Kier molecular flexibility index (Phi) is 3.30. The first-order valence-corrected chi connectivity index (χ1v) is 7.81. The zero-order valence-corrected chi connectivity index (χ0v) is 13.3. The Hall–Kier alpha value is -3.15. The number of nitrogen functional groups attached to an aromatic ring is 1. The van der Waals surface area contributed by atoms with Crippen molar-refractivity contribution >= 4 is 11.9 Å². The molecule has 0 unspecified atom stereocenters. The van der Waals surface area contributed by atoms with Crippen LogP contribution in [0.5, 0.6) is 0 Å². The SMILES string of the molecule is Cn1c2c(c(-c3ccccc3)c1-c1ccnc(N)n1)C(=O)NCC2. The Morgan fingerprint density at radius 2 is 1.96 bits per heavy atom. The Morgan fingerprint density at radius 1 is 1.17 bits per heavy atom. The average Bonchev–Trinajstić information content (AvgIpc) is 2.90. The van der Waals surface area contributed by atoms with E-state index in [2.05, 4.69) is 19.9 Å². The molecule has 2 aromatic heterocycles. The van der Waals surface area contributed by atoms with E-state index in [-0.39, 0.29) is 11.9 Å². The zero-order valence-electron chi connectivity index (χ0n) is 13.3. The van der Waals surface area contributed by atoms with E-state index < -0.39 is 0 Å². The Balaban J connectivity index is 2.08. The number of carbonyl (C=O) groups excluding carboxylic acids is 1. The van der Waals surface area contributed by atoms with Crippen molar-refractivity contribution in [3.05, 3.63) is 53.9 Å². The summed E-state index contributed by atoms with van der Waals surface area (Å²) in [7, 11) is 1.97. The number of nitrogens with one attached hydrogen (secondary N) is 1. The van der Waals surface area contributed by atoms with E-state index >= 15 is 0 Å². The number of nitrogens with zero attached hydrogens (tertiary/aromatic N) is 3. The van der Waals surface area contributed by atoms with Crippen LogP contribution in [0.15, 0.2) is 42.6 Å². The summed E-state index contributed by atoms with van der Waals surface area (Å²) in [5.74, 6) is 0.175. The molecule has 3 aromatic rings. The first-order chi connectivity index (χ1) is 11.7. The van der Waals surface area contributed by atoms with Crippen LogP contribution in [0.1, 0.15) is 16.1 Å². The molecule has 0 radical (unpaired) electrons. The lowest BCUT2D eigenvalue weighted by Gasteiger charge is -2.15. The number of carbonyl (C=O) groups is 1. The largest absolute Gasteiger partial charge is 0.368 e. The van der Waals surface area contributed by atoms with Gasteiger partial charge in [-0.3, -0.25) is 4.79 Å². The van der Waals surface area contributed by atoms with Gasteiger partial charge in [0.1, 0.15) is 0 Å². The fourth-order valence-corrected chi connectivity index (χ4v) is 3.34. The fraction of sp³-hybridized carbons (Fsp3) is 0.167. The van der Waals surface area contributed by atoms with E-state index in [9.17, 15) is 4.79 Å². The lowest BCUT2D eigenvalue weighted by Crippen LogP contribution is -2.32. The number of amides is 1. The van der Waals surface area contributed by atoms with Crippen molar-refractivity contribution in [3.8, 4) is 22.5 Å². The van der Waals surface area contributed by atoms with Crippen molar-refractivity contribution in [2.24, 2.45) is 7.05 Å². The highest BCUT2D eigenvalue weighted by atomic mass is 16.1. The Bertz CT molecular complexity index is 930. The zero-order chi connectivity index (χ0) is 16.7. The second-order valence-electron chi connectivity index (χ2n) is 5.78. The van der Waals surface area contributed by atoms with Gasteiger partial charge in [-0.1, -0.05) is 30.3 Å². The van der Waals surface area contributed by atoms with Crippen molar-refractivity contribution < 1.29 is 4.79 Å². The van der Waals surface area contributed by atoms with Crippen LogP contribution in [-0.2, 0) is 13.5 Å². The Labute approximate surface area is 139 Å². The predicted octanol–water partition coefficient (Wildman–Crippen LogP) is 2.02. The minimum atomic E-state index is -0.0426. The summed E-state index contributed by atoms with van der Waals surface area (Å²) in [6.07, 6.45) is 2.43. The molecule has 3 N–H and O–H groups in total. The van der Waals surface area contributed by atoms with E-state index in [0.717, 1.165) is 34.5 Å². The summed E-state index contributed by atoms with van der Waals surface area (Å²) in [4.78, 5) is 20.9. The molecule has 0 bridgehead atoms. The smallest absolute Gasteiger partial charge is 0.253 e. The molecule has 3 heterocycles. The number of aromatic nitrogens is 3. The summed E-state index contributed by atoms with van der Waals surface area (Å²) in [6, 6.07) is 11.7. The molecular formula is C18H17N5O. The quantitative estimate of drug-likeness (QED) is 0.756. The molecule has 0 fully saturated rings. The molecule has 6 nitrogen and oxygen atoms in total. The topological polar surface area (TPSA) is 85.8 Å². The van der Waals surface area contributed by atoms with Crippen molar-refractivity contribution in [2.75, 3.05) is 12.3 Å². The normalized spacial score (nSPS) is 13.5. The van der Waals surface area contributed by atoms with Crippen LogP contribution in [0.2, 0.25) is 0 Å². The van der Waals surface area contributed by atoms with Gasteiger partial charge in [0.15, 0.2) is 0 Å². The summed E-state index contributed by atoms with van der Waals surface area (Å²) >= 11 is 0. The van der Waals surface area contributed by atoms with Crippen LogP contribution >= 0.6 is 0 Å². The lowest BCUT2D eigenvalue weighted by molar-refractivity contribution is 0.0946. The molecule has 0 saturated heterocycles. The molecule has 1 amide bonds. The van der Waals surface area contributed by atoms with E-state index in [1.165, 1.54) is 0 Å². The monoisotopic (exact) mass is 319 g/mol. The highest BCUT2D eigenvalue weighted by Crippen LogP contribution is 2.39. The van der Waals surface area contributed by atoms with Crippen molar-refractivity contribution in [3.63, 3.8) is 0 Å². The number of rotatable bonds is 2. The molecule has 120 valence electrons. The maximum atomic E-state index is 12.6. The molecule has 4 rings (SSSR count). The van der Waals surface area contributed by atoms with Gasteiger partial charge in [0.2, 0.25) is 5.95 Å². The Morgan fingerprint density at radius 3 is 2.71 bits per heavy atom. The molecule has 0 atom stereocenters. The van der Waals surface area contributed by atoms with E-state index in [0.29, 0.717) is 12.2 Å². The molecule has 1 aromatic carbocycles. The number of benzene rings is 1. The minimum Gasteiger partial charge on any atom is -0.368 e. The maximum absolute atomic E-state index is 12.6. The van der Waals surface area contributed by atoms with Gasteiger partial charge in [0.25, 0.3) is 5.91 Å². The second-order valence-corrected chi connectivity index (χ2v) is 5.78. The minimum absolute atomic E-state index is 0.0426. The fourth-order valence-electron chi connectivity index (χ4n) is 3.34. The maximum Gasteiger partial charge on any atom is 0.253 e. The summed E-state index contributed by atoms with van der Waals surface area (Å²) in [5, 5.41) is 2.94. The summed E-state index contributed by atoms with van der Waals surface area (Å²) in [5.41, 5.74) is 11.0. The van der Waals surface area contributed by atoms with Gasteiger partial charge in [-0.25, -0.2) is 9.97 Å². The van der Waals surface area contributed by atoms with Gasteiger partial charge in [0, 0.05) is 37.5 Å². The van der Waals surface area contributed by atoms with Crippen LogP contribution in [0.4, 0.5) is 5.95 Å². The van der Waals surface area contributed by atoms with Crippen molar-refractivity contribution in [1.82, 2.24) is 19.9 Å². The average molecular weight is 319 g/mol. The van der Waals surface area contributed by atoms with Gasteiger partial charge >= 0.3 is 0 Å². The molecule has 24 heavy (non-hydrogen) atoms. The number of hydrogen-bond donors (Lipinski definition) is 2. The summed E-state index contributed by atoms with van der Waals surface area (Å²) in [6.45, 7) is 0.642. The molecule has 0 aliphatic carbocycles. The number of anilines is 1. The third kappa shape index (κ3) is 2.15. The first kappa shape index (κ1) is 14.4. The highest BCUT2D eigenvalue weighted by Gasteiger charge is 2.30. The predicted molar refractivity (Wildman–Crippen MR) is 92.3 cm³/mol. The van der Waals surface area contributed by atoms with Gasteiger partial charge in [-0.15, -0.1) is 0 Å². The van der Waals surface area contributed by atoms with E-state index in [1.807, 2.05) is 43.4 Å². The number of fused-ring (bicyclic) bond motifs is 1. The second kappa shape index (κ2) is 5.49. The van der Waals surface area contributed by atoms with E-state index in [4.69, 9.17) is 5.73 Å². The van der Waals surface area contributed by atoms with Crippen molar-refractivity contribution in [1.29, 1.82) is 0 Å². The standard InChI is InChI=1S/C18H17N5O/c1-23-13-8-10-20-17(24)15(13)14(11-5-3-2-4-6-11)16(23)12-7-9-21-18(19)22-12/h2-7,9H,8,10H2,1H3,(H,20,24)(H2,19,21,22). The molecule has 0 spiro atoms. The van der Waals surface area contributed by atoms with E-state index in [1.54, 1.807) is 6.20 Å². The molecular weight excluding hydrogens is 302 g/mol. The number of hydrogen-bond acceptors (Lipinski definition) is 4. The van der Waals surface area contributed by atoms with Gasteiger partial charge in [0.05, 0.1) is 17.0 Å².